The van der Waals surface area contributed by atoms with E-state index in [2.05, 4.69) is 17.1 Å². The van der Waals surface area contributed by atoms with Crippen LogP contribution in [0.15, 0.2) is 29.2 Å². The number of ether oxygens (including phenoxy) is 2. The van der Waals surface area contributed by atoms with Gasteiger partial charge in [-0.25, -0.2) is 13.2 Å². The Morgan fingerprint density at radius 2 is 1.64 bits per heavy atom. The summed E-state index contributed by atoms with van der Waals surface area (Å²) in [5, 5.41) is 3.48. The molecule has 2 aromatic rings. The molecule has 2 fully saturated rings. The van der Waals surface area contributed by atoms with Crippen molar-refractivity contribution >= 4 is 44.3 Å². The van der Waals surface area contributed by atoms with Crippen molar-refractivity contribution in [1.29, 1.82) is 0 Å². The van der Waals surface area contributed by atoms with Crippen molar-refractivity contribution in [2.24, 2.45) is 0 Å². The Hall–Kier alpha value is -3.04. The number of thiophene rings is 1. The fourth-order valence-corrected chi connectivity index (χ4v) is 8.09. The minimum atomic E-state index is -3.81. The van der Waals surface area contributed by atoms with E-state index >= 15 is 0 Å². The van der Waals surface area contributed by atoms with Gasteiger partial charge in [0.15, 0.2) is 0 Å². The second kappa shape index (κ2) is 13.1. The molecule has 1 N–H and O–H groups in total. The lowest BCUT2D eigenvalue weighted by Crippen LogP contribution is -2.50. The second-order valence-corrected chi connectivity index (χ2v) is 13.3. The quantitative estimate of drug-likeness (QED) is 0.500. The average Bonchev–Trinajstić information content (AvgIpc) is 3.38. The number of carbonyl (C=O) groups is 3. The molecule has 4 heterocycles. The van der Waals surface area contributed by atoms with Gasteiger partial charge in [0.25, 0.3) is 11.8 Å². The first-order valence-electron chi connectivity index (χ1n) is 14.3. The van der Waals surface area contributed by atoms with Gasteiger partial charge in [-0.05, 0) is 49.7 Å². The number of hydrogen-bond acceptors (Lipinski definition) is 9. The van der Waals surface area contributed by atoms with Crippen LogP contribution in [0, 0.1) is 0 Å². The van der Waals surface area contributed by atoms with Crippen LogP contribution in [0.5, 0.6) is 0 Å². The van der Waals surface area contributed by atoms with Crippen LogP contribution >= 0.6 is 11.3 Å². The molecule has 0 spiro atoms. The van der Waals surface area contributed by atoms with E-state index in [-0.39, 0.29) is 49.2 Å². The van der Waals surface area contributed by atoms with E-state index in [1.54, 1.807) is 11.8 Å². The third kappa shape index (κ3) is 6.32. The first-order valence-corrected chi connectivity index (χ1v) is 16.6. The van der Waals surface area contributed by atoms with Crippen LogP contribution in [-0.2, 0) is 32.5 Å². The third-order valence-corrected chi connectivity index (χ3v) is 10.9. The summed E-state index contributed by atoms with van der Waals surface area (Å²) in [7, 11) is -3.81. The number of amides is 3. The summed E-state index contributed by atoms with van der Waals surface area (Å²) in [6.07, 6.45) is 0.288. The second-order valence-electron chi connectivity index (χ2n) is 10.3. The standard InChI is InChI=1S/C28H37N5O7S2/c1-3-30-10-9-22-23(19-30)41-26(24(22)27(35)31-15-17-39-18-16-31)29-25(34)20-5-7-21(8-6-20)42(37,38)33-13-11-32(12-14-33)28(36)40-4-2/h5-8H,3-4,9-19H2,1-2H3,(H,29,34). The topological polar surface area (TPSA) is 129 Å². The average molecular weight is 620 g/mol. The Balaban J connectivity index is 1.31. The summed E-state index contributed by atoms with van der Waals surface area (Å²) in [6, 6.07) is 5.79. The number of nitrogens with zero attached hydrogens (tertiary/aromatic N) is 4. The Labute approximate surface area is 250 Å². The molecule has 2 saturated heterocycles. The highest BCUT2D eigenvalue weighted by Gasteiger charge is 2.33. The van der Waals surface area contributed by atoms with Gasteiger partial charge in [-0.15, -0.1) is 11.3 Å². The highest BCUT2D eigenvalue weighted by molar-refractivity contribution is 7.89. The highest BCUT2D eigenvalue weighted by Crippen LogP contribution is 2.38. The lowest BCUT2D eigenvalue weighted by atomic mass is 10.0. The van der Waals surface area contributed by atoms with Crippen molar-refractivity contribution in [2.75, 3.05) is 77.5 Å². The van der Waals surface area contributed by atoms with Crippen molar-refractivity contribution in [3.63, 3.8) is 0 Å². The summed E-state index contributed by atoms with van der Waals surface area (Å²) < 4.78 is 38.2. The number of rotatable bonds is 7. The molecule has 14 heteroatoms. The molecule has 0 bridgehead atoms. The molecule has 12 nitrogen and oxygen atoms in total. The van der Waals surface area contributed by atoms with Crippen molar-refractivity contribution < 1.29 is 32.3 Å². The van der Waals surface area contributed by atoms with Crippen molar-refractivity contribution in [2.45, 2.75) is 31.7 Å². The first-order chi connectivity index (χ1) is 20.2. The molecule has 5 rings (SSSR count). The van der Waals surface area contributed by atoms with E-state index in [0.29, 0.717) is 36.9 Å². The number of piperazine rings is 1. The molecule has 42 heavy (non-hydrogen) atoms. The van der Waals surface area contributed by atoms with E-state index < -0.39 is 22.0 Å². The molecule has 228 valence electrons. The van der Waals surface area contributed by atoms with E-state index in [9.17, 15) is 22.8 Å². The number of likely N-dealkylation sites (N-methyl/N-ethyl adjacent to an activating group) is 1. The monoisotopic (exact) mass is 619 g/mol. The van der Waals surface area contributed by atoms with Crippen LogP contribution in [0.1, 0.15) is 45.0 Å². The third-order valence-electron chi connectivity index (χ3n) is 7.84. The predicted molar refractivity (Wildman–Crippen MR) is 157 cm³/mol. The summed E-state index contributed by atoms with van der Waals surface area (Å²) in [6.45, 7) is 9.35. The van der Waals surface area contributed by atoms with Gasteiger partial charge in [0, 0.05) is 62.8 Å². The van der Waals surface area contributed by atoms with Crippen LogP contribution in [0.25, 0.3) is 0 Å². The molecule has 0 radical (unpaired) electrons. The van der Waals surface area contributed by atoms with Crippen LogP contribution in [0.3, 0.4) is 0 Å². The molecular formula is C28H37N5O7S2. The van der Waals surface area contributed by atoms with Gasteiger partial charge in [0.1, 0.15) is 5.00 Å². The predicted octanol–water partition coefficient (Wildman–Crippen LogP) is 2.31. The summed E-state index contributed by atoms with van der Waals surface area (Å²) in [4.78, 5) is 45.7. The molecule has 3 aliphatic heterocycles. The number of benzene rings is 1. The van der Waals surface area contributed by atoms with Gasteiger partial charge in [-0.1, -0.05) is 6.92 Å². The van der Waals surface area contributed by atoms with E-state index in [1.165, 1.54) is 44.8 Å². The molecule has 0 unspecified atom stereocenters. The number of fused-ring (bicyclic) bond motifs is 1. The molecule has 0 saturated carbocycles. The van der Waals surface area contributed by atoms with Crippen LogP contribution < -0.4 is 5.32 Å². The summed E-state index contributed by atoms with van der Waals surface area (Å²) in [5.74, 6) is -0.510. The van der Waals surface area contributed by atoms with E-state index in [4.69, 9.17) is 9.47 Å². The number of carbonyl (C=O) groups excluding carboxylic acids is 3. The number of morpholine rings is 1. The number of sulfonamides is 1. The van der Waals surface area contributed by atoms with E-state index in [1.807, 2.05) is 0 Å². The van der Waals surface area contributed by atoms with Crippen molar-refractivity contribution in [1.82, 2.24) is 19.0 Å². The zero-order valence-electron chi connectivity index (χ0n) is 24.0. The number of nitrogens with one attached hydrogen (secondary N) is 1. The lowest BCUT2D eigenvalue weighted by molar-refractivity contribution is 0.0302. The zero-order chi connectivity index (χ0) is 29.9. The van der Waals surface area contributed by atoms with Gasteiger partial charge in [-0.2, -0.15) is 4.31 Å². The van der Waals surface area contributed by atoms with Crippen molar-refractivity contribution in [3.05, 3.63) is 45.8 Å². The Kier molecular flexibility index (Phi) is 9.47. The number of hydrogen-bond donors (Lipinski definition) is 1. The first kappa shape index (κ1) is 30.4. The Morgan fingerprint density at radius 1 is 0.952 bits per heavy atom. The van der Waals surface area contributed by atoms with Gasteiger partial charge < -0.3 is 24.6 Å². The largest absolute Gasteiger partial charge is 0.450 e. The molecule has 1 aromatic heterocycles. The molecule has 1 aromatic carbocycles. The minimum absolute atomic E-state index is 0.0677. The van der Waals surface area contributed by atoms with Gasteiger partial charge in [0.05, 0.1) is 30.3 Å². The maximum atomic E-state index is 13.6. The smallest absolute Gasteiger partial charge is 0.409 e. The van der Waals surface area contributed by atoms with E-state index in [0.717, 1.165) is 36.5 Å². The summed E-state index contributed by atoms with van der Waals surface area (Å²) in [5.41, 5.74) is 1.84. The molecular weight excluding hydrogens is 582 g/mol. The summed E-state index contributed by atoms with van der Waals surface area (Å²) >= 11 is 1.44. The zero-order valence-corrected chi connectivity index (χ0v) is 25.6. The number of anilines is 1. The SMILES string of the molecule is CCOC(=O)N1CCN(S(=O)(=O)c2ccc(C(=O)Nc3sc4c(c3C(=O)N3CCOCC3)CCN(CC)C4)cc2)CC1. The lowest BCUT2D eigenvalue weighted by Gasteiger charge is -2.33. The highest BCUT2D eigenvalue weighted by atomic mass is 32.2. The van der Waals surface area contributed by atoms with Gasteiger partial charge in [-0.3, -0.25) is 14.5 Å². The van der Waals surface area contributed by atoms with Crippen molar-refractivity contribution in [3.8, 4) is 0 Å². The Bertz CT molecular complexity index is 1410. The van der Waals surface area contributed by atoms with Gasteiger partial charge in [0.2, 0.25) is 10.0 Å². The fraction of sp³-hybridized carbons (Fsp3) is 0.536. The van der Waals surface area contributed by atoms with Gasteiger partial charge >= 0.3 is 6.09 Å². The molecule has 0 aliphatic carbocycles. The minimum Gasteiger partial charge on any atom is -0.450 e. The molecule has 3 amide bonds. The fourth-order valence-electron chi connectivity index (χ4n) is 5.39. The van der Waals surface area contributed by atoms with Crippen LogP contribution in [-0.4, -0.2) is 118 Å². The maximum absolute atomic E-state index is 13.6. The molecule has 0 atom stereocenters. The van der Waals surface area contributed by atoms with Crippen LogP contribution in [0.4, 0.5) is 9.80 Å². The molecule has 3 aliphatic rings. The normalized spacial score (nSPS) is 18.4. The maximum Gasteiger partial charge on any atom is 0.409 e. The van der Waals surface area contributed by atoms with Crippen LogP contribution in [0.2, 0.25) is 0 Å². The Morgan fingerprint density at radius 3 is 2.29 bits per heavy atom.